The molecule has 0 fully saturated rings. The molecule has 0 aromatic heterocycles. The Morgan fingerprint density at radius 3 is 2.27 bits per heavy atom. The minimum Gasteiger partial charge on any atom is -0.348 e. The fourth-order valence-corrected chi connectivity index (χ4v) is 3.78. The van der Waals surface area contributed by atoms with Gasteiger partial charge in [0.25, 0.3) is 5.91 Å². The van der Waals surface area contributed by atoms with E-state index in [1.54, 1.807) is 26.0 Å². The highest BCUT2D eigenvalue weighted by atomic mass is 35.5. The number of rotatable bonds is 7. The molecule has 124 valence electrons. The van der Waals surface area contributed by atoms with E-state index in [0.717, 1.165) is 0 Å². The van der Waals surface area contributed by atoms with Crippen molar-refractivity contribution in [1.82, 2.24) is 10.0 Å². The summed E-state index contributed by atoms with van der Waals surface area (Å²) in [5.41, 5.74) is 0.117. The Hall–Kier alpha value is -1.11. The first-order valence-corrected chi connectivity index (χ1v) is 9.19. The Bertz CT molecular complexity index is 615. The van der Waals surface area contributed by atoms with Crippen LogP contribution < -0.4 is 10.0 Å². The molecule has 0 spiro atoms. The first kappa shape index (κ1) is 18.9. The van der Waals surface area contributed by atoms with Crippen LogP contribution in [0.3, 0.4) is 0 Å². The second-order valence-electron chi connectivity index (χ2n) is 5.75. The number of alkyl halides is 1. The molecule has 0 radical (unpaired) electrons. The van der Waals surface area contributed by atoms with E-state index in [4.69, 9.17) is 11.6 Å². The van der Waals surface area contributed by atoms with E-state index < -0.39 is 15.9 Å². The van der Waals surface area contributed by atoms with E-state index in [1.165, 1.54) is 12.1 Å². The first-order valence-electron chi connectivity index (χ1n) is 7.17. The van der Waals surface area contributed by atoms with Crippen molar-refractivity contribution in [3.8, 4) is 0 Å². The van der Waals surface area contributed by atoms with Crippen LogP contribution >= 0.6 is 11.6 Å². The number of carbonyl (C=O) groups excluding carboxylic acids is 1. The van der Waals surface area contributed by atoms with Gasteiger partial charge >= 0.3 is 0 Å². The fraction of sp³-hybridized carbons (Fsp3) is 0.533. The monoisotopic (exact) mass is 346 g/mol. The van der Waals surface area contributed by atoms with Gasteiger partial charge in [0.2, 0.25) is 10.0 Å². The number of halogens is 1. The minimum atomic E-state index is -3.74. The second kappa shape index (κ2) is 7.94. The normalized spacial score (nSPS) is 13.4. The summed E-state index contributed by atoms with van der Waals surface area (Å²) >= 11 is 5.85. The van der Waals surface area contributed by atoms with Gasteiger partial charge < -0.3 is 5.32 Å². The van der Waals surface area contributed by atoms with E-state index in [9.17, 15) is 13.2 Å². The fourth-order valence-electron chi connectivity index (χ4n) is 1.89. The Labute approximate surface area is 137 Å². The van der Waals surface area contributed by atoms with Gasteiger partial charge in [-0.05, 0) is 31.9 Å². The number of sulfonamides is 1. The van der Waals surface area contributed by atoms with Crippen LogP contribution in [0.2, 0.25) is 0 Å². The van der Waals surface area contributed by atoms with Gasteiger partial charge in [-0.1, -0.05) is 26.0 Å². The predicted octanol–water partition coefficient (Wildman–Crippen LogP) is 2.37. The van der Waals surface area contributed by atoms with Crippen molar-refractivity contribution < 1.29 is 13.2 Å². The molecule has 0 unspecified atom stereocenters. The standard InChI is InChI=1S/C15H23ClN2O3S/c1-10(2)13(9-16)17-15(19)12-7-5-6-8-14(12)22(20,21)18-11(3)4/h5-8,10-11,13,18H,9H2,1-4H3,(H,17,19)/t13-/m1/s1. The minimum absolute atomic E-state index is 0.0294. The molecule has 1 aromatic rings. The molecule has 0 aliphatic rings. The summed E-state index contributed by atoms with van der Waals surface area (Å²) in [5, 5.41) is 2.79. The zero-order valence-corrected chi connectivity index (χ0v) is 14.8. The third kappa shape index (κ3) is 4.97. The smallest absolute Gasteiger partial charge is 0.252 e. The lowest BCUT2D eigenvalue weighted by molar-refractivity contribution is 0.0927. The molecule has 0 saturated carbocycles. The van der Waals surface area contributed by atoms with Gasteiger partial charge in [-0.25, -0.2) is 13.1 Å². The summed E-state index contributed by atoms with van der Waals surface area (Å²) in [6.07, 6.45) is 0. The van der Waals surface area contributed by atoms with Crippen molar-refractivity contribution in [2.45, 2.75) is 44.7 Å². The van der Waals surface area contributed by atoms with Gasteiger partial charge in [-0.3, -0.25) is 4.79 Å². The van der Waals surface area contributed by atoms with Crippen molar-refractivity contribution >= 4 is 27.5 Å². The molecule has 22 heavy (non-hydrogen) atoms. The van der Waals surface area contributed by atoms with E-state index >= 15 is 0 Å². The highest BCUT2D eigenvalue weighted by Crippen LogP contribution is 2.16. The average Bonchev–Trinajstić information content (AvgIpc) is 2.42. The maximum Gasteiger partial charge on any atom is 0.252 e. The van der Waals surface area contributed by atoms with E-state index in [2.05, 4.69) is 10.0 Å². The topological polar surface area (TPSA) is 75.3 Å². The summed E-state index contributed by atoms with van der Waals surface area (Å²) in [4.78, 5) is 12.4. The summed E-state index contributed by atoms with van der Waals surface area (Å²) in [6, 6.07) is 5.66. The van der Waals surface area contributed by atoms with Crippen molar-refractivity contribution in [2.24, 2.45) is 5.92 Å². The predicted molar refractivity (Wildman–Crippen MR) is 88.7 cm³/mol. The maximum atomic E-state index is 12.4. The molecule has 7 heteroatoms. The van der Waals surface area contributed by atoms with Gasteiger partial charge in [0.05, 0.1) is 10.5 Å². The van der Waals surface area contributed by atoms with Crippen LogP contribution in [0.15, 0.2) is 29.2 Å². The Kier molecular flexibility index (Phi) is 6.84. The average molecular weight is 347 g/mol. The number of benzene rings is 1. The zero-order valence-electron chi connectivity index (χ0n) is 13.3. The highest BCUT2D eigenvalue weighted by Gasteiger charge is 2.24. The number of nitrogens with one attached hydrogen (secondary N) is 2. The van der Waals surface area contributed by atoms with E-state index in [0.29, 0.717) is 0 Å². The molecule has 1 rings (SSSR count). The van der Waals surface area contributed by atoms with Crippen LogP contribution in [0.5, 0.6) is 0 Å². The van der Waals surface area contributed by atoms with Crippen LogP contribution in [-0.4, -0.2) is 32.3 Å². The lowest BCUT2D eigenvalue weighted by Crippen LogP contribution is -2.41. The SMILES string of the molecule is CC(C)NS(=O)(=O)c1ccccc1C(=O)N[C@H](CCl)C(C)C. The number of carbonyl (C=O) groups is 1. The van der Waals surface area contributed by atoms with Crippen molar-refractivity contribution in [2.75, 3.05) is 5.88 Å². The van der Waals surface area contributed by atoms with Gasteiger partial charge in [0, 0.05) is 18.0 Å². The summed E-state index contributed by atoms with van der Waals surface area (Å²) in [7, 11) is -3.74. The molecule has 5 nitrogen and oxygen atoms in total. The molecule has 0 bridgehead atoms. The zero-order chi connectivity index (χ0) is 16.9. The molecule has 0 aliphatic heterocycles. The van der Waals surface area contributed by atoms with Crippen LogP contribution in [-0.2, 0) is 10.0 Å². The summed E-state index contributed by atoms with van der Waals surface area (Å²) < 4.78 is 27.2. The van der Waals surface area contributed by atoms with Crippen molar-refractivity contribution in [1.29, 1.82) is 0 Å². The third-order valence-electron chi connectivity index (χ3n) is 3.10. The van der Waals surface area contributed by atoms with Crippen molar-refractivity contribution in [3.63, 3.8) is 0 Å². The molecule has 1 atom stereocenters. The molecule has 0 aliphatic carbocycles. The molecule has 0 saturated heterocycles. The highest BCUT2D eigenvalue weighted by molar-refractivity contribution is 7.89. The first-order chi connectivity index (χ1) is 10.2. The lowest BCUT2D eigenvalue weighted by Gasteiger charge is -2.20. The number of amides is 1. The maximum absolute atomic E-state index is 12.4. The van der Waals surface area contributed by atoms with Gasteiger partial charge in [-0.15, -0.1) is 11.6 Å². The van der Waals surface area contributed by atoms with E-state index in [1.807, 2.05) is 13.8 Å². The van der Waals surface area contributed by atoms with Crippen LogP contribution in [0, 0.1) is 5.92 Å². The lowest BCUT2D eigenvalue weighted by atomic mass is 10.1. The number of hydrogen-bond donors (Lipinski definition) is 2. The molecule has 2 N–H and O–H groups in total. The Morgan fingerprint density at radius 1 is 1.18 bits per heavy atom. The molecule has 1 aromatic carbocycles. The molecular formula is C15H23ClN2O3S. The van der Waals surface area contributed by atoms with Crippen LogP contribution in [0.1, 0.15) is 38.1 Å². The van der Waals surface area contributed by atoms with E-state index in [-0.39, 0.29) is 34.3 Å². The summed E-state index contributed by atoms with van der Waals surface area (Å²) in [5.74, 6) is -0.0224. The quantitative estimate of drug-likeness (QED) is 0.744. The number of hydrogen-bond acceptors (Lipinski definition) is 3. The molecular weight excluding hydrogens is 324 g/mol. The summed E-state index contributed by atoms with van der Waals surface area (Å²) in [6.45, 7) is 7.33. The van der Waals surface area contributed by atoms with Crippen molar-refractivity contribution in [3.05, 3.63) is 29.8 Å². The van der Waals surface area contributed by atoms with Gasteiger partial charge in [0.15, 0.2) is 0 Å². The molecule has 1 amide bonds. The Morgan fingerprint density at radius 2 is 1.77 bits per heavy atom. The van der Waals surface area contributed by atoms with Crippen LogP contribution in [0.4, 0.5) is 0 Å². The second-order valence-corrected chi connectivity index (χ2v) is 7.74. The molecule has 0 heterocycles. The largest absolute Gasteiger partial charge is 0.348 e. The van der Waals surface area contributed by atoms with Gasteiger partial charge in [0.1, 0.15) is 0 Å². The Balaban J connectivity index is 3.14. The van der Waals surface area contributed by atoms with Gasteiger partial charge in [-0.2, -0.15) is 0 Å². The van der Waals surface area contributed by atoms with Crippen LogP contribution in [0.25, 0.3) is 0 Å². The third-order valence-corrected chi connectivity index (χ3v) is 5.15.